The van der Waals surface area contributed by atoms with Crippen molar-refractivity contribution in [3.8, 4) is 0 Å². The number of hydrogen-bond donors (Lipinski definition) is 2. The van der Waals surface area contributed by atoms with Crippen molar-refractivity contribution >= 4 is 21.6 Å². The number of carbonyl (C=O) groups is 1. The summed E-state index contributed by atoms with van der Waals surface area (Å²) in [5, 5.41) is 7.30. The van der Waals surface area contributed by atoms with E-state index in [4.69, 9.17) is 0 Å². The van der Waals surface area contributed by atoms with Crippen molar-refractivity contribution in [1.82, 2.24) is 24.4 Å². The van der Waals surface area contributed by atoms with Crippen molar-refractivity contribution in [2.24, 2.45) is 5.92 Å². The summed E-state index contributed by atoms with van der Waals surface area (Å²) in [4.78, 5) is 18.4. The molecule has 0 radical (unpaired) electrons. The lowest BCUT2D eigenvalue weighted by Gasteiger charge is -2.38. The van der Waals surface area contributed by atoms with Gasteiger partial charge in [0.15, 0.2) is 0 Å². The van der Waals surface area contributed by atoms with E-state index in [9.17, 15) is 13.2 Å². The second-order valence-electron chi connectivity index (χ2n) is 6.87. The summed E-state index contributed by atoms with van der Waals surface area (Å²) in [7, 11) is -3.51. The van der Waals surface area contributed by atoms with Gasteiger partial charge in [0.1, 0.15) is 17.6 Å². The zero-order valence-corrected chi connectivity index (χ0v) is 15.6. The maximum atomic E-state index is 12.5. The van der Waals surface area contributed by atoms with Gasteiger partial charge in [-0.3, -0.25) is 9.48 Å². The normalized spacial score (nSPS) is 22.1. The van der Waals surface area contributed by atoms with Gasteiger partial charge in [-0.05, 0) is 30.9 Å². The second-order valence-corrected chi connectivity index (χ2v) is 8.55. The van der Waals surface area contributed by atoms with Gasteiger partial charge in [-0.2, -0.15) is 9.82 Å². The topological polar surface area (TPSA) is 109 Å². The molecule has 27 heavy (non-hydrogen) atoms. The molecule has 2 aliphatic heterocycles. The zero-order chi connectivity index (χ0) is 18.9. The SMILES string of the molecule is O=C(CCn1cncn1)N1CCC(C2Nc3ccccc3S(=O)(=O)N2)CC1. The molecule has 1 aromatic carbocycles. The van der Waals surface area contributed by atoms with Crippen LogP contribution in [0.25, 0.3) is 0 Å². The summed E-state index contributed by atoms with van der Waals surface area (Å²) in [6.45, 7) is 1.77. The molecule has 2 aliphatic rings. The first-order valence-electron chi connectivity index (χ1n) is 9.01. The highest BCUT2D eigenvalue weighted by Gasteiger charge is 2.35. The minimum absolute atomic E-state index is 0.0893. The van der Waals surface area contributed by atoms with E-state index < -0.39 is 10.0 Å². The Balaban J connectivity index is 1.34. The Morgan fingerprint density at radius 3 is 2.74 bits per heavy atom. The molecule has 144 valence electrons. The molecule has 0 aliphatic carbocycles. The molecule has 2 aromatic rings. The van der Waals surface area contributed by atoms with Crippen molar-refractivity contribution < 1.29 is 13.2 Å². The molecule has 1 atom stereocenters. The smallest absolute Gasteiger partial charge is 0.244 e. The Bertz CT molecular complexity index is 907. The van der Waals surface area contributed by atoms with E-state index in [1.54, 1.807) is 29.2 Å². The number of hydrogen-bond acceptors (Lipinski definition) is 6. The van der Waals surface area contributed by atoms with Gasteiger partial charge in [-0.15, -0.1) is 0 Å². The summed E-state index contributed by atoms with van der Waals surface area (Å²) in [6, 6.07) is 6.91. The van der Waals surface area contributed by atoms with Crippen LogP contribution in [0.1, 0.15) is 19.3 Å². The maximum absolute atomic E-state index is 12.5. The number of sulfonamides is 1. The van der Waals surface area contributed by atoms with Crippen LogP contribution in [0.2, 0.25) is 0 Å². The molecule has 1 fully saturated rings. The Hall–Kier alpha value is -2.46. The molecule has 4 rings (SSSR count). The molecule has 1 saturated heterocycles. The maximum Gasteiger partial charge on any atom is 0.244 e. The fourth-order valence-corrected chi connectivity index (χ4v) is 5.05. The number of fused-ring (bicyclic) bond motifs is 1. The third kappa shape index (κ3) is 3.81. The summed E-state index contributed by atoms with van der Waals surface area (Å²) in [6.07, 6.45) is 4.58. The lowest BCUT2D eigenvalue weighted by atomic mass is 9.93. The standard InChI is InChI=1S/C17H22N6O3S/c24-16(7-10-23-12-18-11-19-23)22-8-5-13(6-9-22)17-20-14-3-1-2-4-15(14)27(25,26)21-17/h1-4,11-13,17,20-21H,5-10H2. The van der Waals surface area contributed by atoms with Gasteiger partial charge in [0, 0.05) is 19.5 Å². The van der Waals surface area contributed by atoms with Crippen LogP contribution in [0.5, 0.6) is 0 Å². The van der Waals surface area contributed by atoms with Crippen molar-refractivity contribution in [3.63, 3.8) is 0 Å². The minimum Gasteiger partial charge on any atom is -0.368 e. The number of amides is 1. The summed E-state index contributed by atoms with van der Waals surface area (Å²) >= 11 is 0. The van der Waals surface area contributed by atoms with Crippen LogP contribution in [0.3, 0.4) is 0 Å². The van der Waals surface area contributed by atoms with Crippen LogP contribution in [0.15, 0.2) is 41.8 Å². The molecular formula is C17H22N6O3S. The van der Waals surface area contributed by atoms with Gasteiger partial charge in [-0.25, -0.2) is 13.4 Å². The van der Waals surface area contributed by atoms with Crippen LogP contribution in [-0.4, -0.2) is 53.2 Å². The molecule has 1 aromatic heterocycles. The van der Waals surface area contributed by atoms with E-state index in [-0.39, 0.29) is 22.9 Å². The summed E-state index contributed by atoms with van der Waals surface area (Å²) in [5.74, 6) is 0.221. The zero-order valence-electron chi connectivity index (χ0n) is 14.8. The number of para-hydroxylation sites is 1. The van der Waals surface area contributed by atoms with E-state index in [2.05, 4.69) is 20.1 Å². The third-order valence-corrected chi connectivity index (χ3v) is 6.65. The third-order valence-electron chi connectivity index (χ3n) is 5.15. The molecule has 0 bridgehead atoms. The molecule has 2 N–H and O–H groups in total. The summed E-state index contributed by atoms with van der Waals surface area (Å²) < 4.78 is 29.3. The van der Waals surface area contributed by atoms with Crippen LogP contribution in [0.4, 0.5) is 5.69 Å². The quantitative estimate of drug-likeness (QED) is 0.793. The molecule has 9 nitrogen and oxygen atoms in total. The number of likely N-dealkylation sites (tertiary alicyclic amines) is 1. The van der Waals surface area contributed by atoms with E-state index >= 15 is 0 Å². The highest BCUT2D eigenvalue weighted by Crippen LogP contribution is 2.30. The number of aryl methyl sites for hydroxylation is 1. The number of nitrogens with zero attached hydrogens (tertiary/aromatic N) is 4. The molecule has 1 unspecified atom stereocenters. The monoisotopic (exact) mass is 390 g/mol. The van der Waals surface area contributed by atoms with E-state index in [0.29, 0.717) is 31.7 Å². The highest BCUT2D eigenvalue weighted by molar-refractivity contribution is 7.89. The van der Waals surface area contributed by atoms with Gasteiger partial charge in [0.25, 0.3) is 0 Å². The predicted molar refractivity (Wildman–Crippen MR) is 98.1 cm³/mol. The van der Waals surface area contributed by atoms with Crippen LogP contribution in [0, 0.1) is 5.92 Å². The first kappa shape index (κ1) is 17.9. The van der Waals surface area contributed by atoms with Gasteiger partial charge in [0.2, 0.25) is 15.9 Å². The minimum atomic E-state index is -3.51. The first-order valence-corrected chi connectivity index (χ1v) is 10.5. The average Bonchev–Trinajstić information content (AvgIpc) is 3.19. The average molecular weight is 390 g/mol. The van der Waals surface area contributed by atoms with Gasteiger partial charge >= 0.3 is 0 Å². The molecule has 10 heteroatoms. The van der Waals surface area contributed by atoms with Gasteiger partial charge < -0.3 is 10.2 Å². The number of piperidine rings is 1. The molecule has 1 amide bonds. The van der Waals surface area contributed by atoms with Crippen molar-refractivity contribution in [2.75, 3.05) is 18.4 Å². The number of aromatic nitrogens is 3. The van der Waals surface area contributed by atoms with Crippen molar-refractivity contribution in [1.29, 1.82) is 0 Å². The number of nitrogens with one attached hydrogen (secondary N) is 2. The lowest BCUT2D eigenvalue weighted by Crippen LogP contribution is -2.52. The van der Waals surface area contributed by atoms with E-state index in [1.165, 1.54) is 6.33 Å². The summed E-state index contributed by atoms with van der Waals surface area (Å²) in [5.41, 5.74) is 0.632. The van der Waals surface area contributed by atoms with E-state index in [1.807, 2.05) is 11.0 Å². The van der Waals surface area contributed by atoms with Crippen LogP contribution < -0.4 is 10.0 Å². The van der Waals surface area contributed by atoms with Gasteiger partial charge in [-0.1, -0.05) is 12.1 Å². The number of rotatable bonds is 4. The van der Waals surface area contributed by atoms with Crippen molar-refractivity contribution in [2.45, 2.75) is 36.9 Å². The molecule has 0 saturated carbocycles. The number of anilines is 1. The fourth-order valence-electron chi connectivity index (χ4n) is 3.66. The predicted octanol–water partition coefficient (Wildman–Crippen LogP) is 0.637. The molecular weight excluding hydrogens is 368 g/mol. The number of benzene rings is 1. The molecule has 0 spiro atoms. The fraction of sp³-hybridized carbons (Fsp3) is 0.471. The van der Waals surface area contributed by atoms with Gasteiger partial charge in [0.05, 0.1) is 18.4 Å². The van der Waals surface area contributed by atoms with Crippen LogP contribution >= 0.6 is 0 Å². The van der Waals surface area contributed by atoms with E-state index in [0.717, 1.165) is 12.8 Å². The lowest BCUT2D eigenvalue weighted by molar-refractivity contribution is -0.133. The van der Waals surface area contributed by atoms with Crippen molar-refractivity contribution in [3.05, 3.63) is 36.9 Å². The largest absolute Gasteiger partial charge is 0.368 e. The highest BCUT2D eigenvalue weighted by atomic mass is 32.2. The molecule has 3 heterocycles. The Labute approximate surface area is 157 Å². The Morgan fingerprint density at radius 1 is 1.22 bits per heavy atom. The number of carbonyl (C=O) groups excluding carboxylic acids is 1. The first-order chi connectivity index (χ1) is 13.0. The van der Waals surface area contributed by atoms with Crippen LogP contribution in [-0.2, 0) is 21.4 Å². The Morgan fingerprint density at radius 2 is 2.00 bits per heavy atom. The Kier molecular flexibility index (Phi) is 4.83. The second kappa shape index (κ2) is 7.28.